The second-order valence-corrected chi connectivity index (χ2v) is 8.32. The number of halogens is 2. The van der Waals surface area contributed by atoms with Crippen molar-refractivity contribution in [2.45, 2.75) is 45.9 Å². The Bertz CT molecular complexity index is 615. The minimum atomic E-state index is -0.650. The van der Waals surface area contributed by atoms with Crippen LogP contribution in [-0.2, 0) is 9.53 Å². The minimum absolute atomic E-state index is 0.0318. The lowest BCUT2D eigenvalue weighted by atomic mass is 9.87. The summed E-state index contributed by atoms with van der Waals surface area (Å²) in [6, 6.07) is 3.60. The second kappa shape index (κ2) is 8.65. The maximum absolute atomic E-state index is 14.5. The summed E-state index contributed by atoms with van der Waals surface area (Å²) in [5.74, 6) is -0.632. The van der Waals surface area contributed by atoms with E-state index in [4.69, 9.17) is 22.1 Å². The number of nitrogens with two attached hydrogens (primary N) is 1. The van der Waals surface area contributed by atoms with Gasteiger partial charge < -0.3 is 15.8 Å². The van der Waals surface area contributed by atoms with Crippen molar-refractivity contribution in [1.29, 1.82) is 0 Å². The summed E-state index contributed by atoms with van der Waals surface area (Å²) < 4.78 is 20.1. The third-order valence-electron chi connectivity index (χ3n) is 4.73. The standard InChI is InChI=1S/C19H29ClFN3O2/c1-12-11-24(8-9-26-12)15(16-13(20)6-5-7-14(16)21)10-23-18(25)17(22)19(2,3)4/h5-7,12,15,17H,8-11,22H2,1-4H3,(H,23,25)/t12?,15?,17-/m1/s1. The summed E-state index contributed by atoms with van der Waals surface area (Å²) in [6.45, 7) is 9.76. The third kappa shape index (κ3) is 5.16. The van der Waals surface area contributed by atoms with Crippen LogP contribution in [-0.4, -0.2) is 49.2 Å². The van der Waals surface area contributed by atoms with Gasteiger partial charge in [-0.3, -0.25) is 9.69 Å². The molecule has 1 fully saturated rings. The third-order valence-corrected chi connectivity index (χ3v) is 5.06. The van der Waals surface area contributed by atoms with Gasteiger partial charge in [0.25, 0.3) is 0 Å². The number of nitrogens with zero attached hydrogens (tertiary/aromatic N) is 1. The van der Waals surface area contributed by atoms with Gasteiger partial charge in [-0.15, -0.1) is 0 Å². The highest BCUT2D eigenvalue weighted by molar-refractivity contribution is 6.31. The zero-order chi connectivity index (χ0) is 19.5. The molecule has 0 aromatic heterocycles. The zero-order valence-corrected chi connectivity index (χ0v) is 16.6. The Kier molecular flexibility index (Phi) is 7.02. The first-order valence-corrected chi connectivity index (χ1v) is 9.32. The number of benzene rings is 1. The Morgan fingerprint density at radius 1 is 1.50 bits per heavy atom. The summed E-state index contributed by atoms with van der Waals surface area (Å²) in [7, 11) is 0. The van der Waals surface area contributed by atoms with E-state index >= 15 is 0 Å². The quantitative estimate of drug-likeness (QED) is 0.817. The van der Waals surface area contributed by atoms with Crippen LogP contribution in [0.15, 0.2) is 18.2 Å². The average molecular weight is 386 g/mol. The van der Waals surface area contributed by atoms with Gasteiger partial charge in [0, 0.05) is 30.2 Å². The first-order chi connectivity index (χ1) is 12.1. The van der Waals surface area contributed by atoms with Gasteiger partial charge in [0.2, 0.25) is 5.91 Å². The fourth-order valence-corrected chi connectivity index (χ4v) is 3.36. The summed E-state index contributed by atoms with van der Waals surface area (Å²) in [6.07, 6.45) is 0.0318. The average Bonchev–Trinajstić information content (AvgIpc) is 2.55. The summed E-state index contributed by atoms with van der Waals surface area (Å²) in [5.41, 5.74) is 6.07. The maximum atomic E-state index is 14.5. The summed E-state index contributed by atoms with van der Waals surface area (Å²) in [5, 5.41) is 3.23. The molecular formula is C19H29ClFN3O2. The van der Waals surface area contributed by atoms with Gasteiger partial charge in [-0.1, -0.05) is 38.4 Å². The fraction of sp³-hybridized carbons (Fsp3) is 0.632. The van der Waals surface area contributed by atoms with Gasteiger partial charge in [0.05, 0.1) is 24.8 Å². The number of carbonyl (C=O) groups is 1. The molecule has 2 unspecified atom stereocenters. The molecule has 1 amide bonds. The Balaban J connectivity index is 2.23. The van der Waals surface area contributed by atoms with Crippen molar-refractivity contribution in [3.8, 4) is 0 Å². The Hall–Kier alpha value is -1.21. The number of amides is 1. The molecule has 5 nitrogen and oxygen atoms in total. The van der Waals surface area contributed by atoms with Crippen molar-refractivity contribution < 1.29 is 13.9 Å². The van der Waals surface area contributed by atoms with Gasteiger partial charge in [-0.25, -0.2) is 4.39 Å². The molecule has 3 atom stereocenters. The number of morpholine rings is 1. The number of carbonyl (C=O) groups excluding carboxylic acids is 1. The molecule has 7 heteroatoms. The molecule has 0 radical (unpaired) electrons. The van der Waals surface area contributed by atoms with Crippen LogP contribution in [0.25, 0.3) is 0 Å². The number of hydrogen-bond acceptors (Lipinski definition) is 4. The van der Waals surface area contributed by atoms with E-state index in [0.29, 0.717) is 30.3 Å². The van der Waals surface area contributed by atoms with Crippen LogP contribution in [0, 0.1) is 11.2 Å². The second-order valence-electron chi connectivity index (χ2n) is 7.92. The summed E-state index contributed by atoms with van der Waals surface area (Å²) >= 11 is 6.30. The lowest BCUT2D eigenvalue weighted by molar-refractivity contribution is -0.125. The van der Waals surface area contributed by atoms with Crippen molar-refractivity contribution in [2.24, 2.45) is 11.1 Å². The molecule has 1 saturated heterocycles. The van der Waals surface area contributed by atoms with Crippen LogP contribution in [0.4, 0.5) is 4.39 Å². The van der Waals surface area contributed by atoms with Crippen molar-refractivity contribution in [2.75, 3.05) is 26.2 Å². The van der Waals surface area contributed by atoms with E-state index in [1.165, 1.54) is 6.07 Å². The van der Waals surface area contributed by atoms with Crippen LogP contribution in [0.5, 0.6) is 0 Å². The molecule has 0 bridgehead atoms. The minimum Gasteiger partial charge on any atom is -0.376 e. The number of hydrogen-bond donors (Lipinski definition) is 2. The molecule has 1 aliphatic rings. The molecule has 2 rings (SSSR count). The van der Waals surface area contributed by atoms with Gasteiger partial charge in [0.15, 0.2) is 0 Å². The number of ether oxygens (including phenoxy) is 1. The van der Waals surface area contributed by atoms with Crippen LogP contribution in [0.3, 0.4) is 0 Å². The van der Waals surface area contributed by atoms with Crippen molar-refractivity contribution in [3.63, 3.8) is 0 Å². The van der Waals surface area contributed by atoms with E-state index in [1.807, 2.05) is 27.7 Å². The smallest absolute Gasteiger partial charge is 0.237 e. The van der Waals surface area contributed by atoms with Crippen LogP contribution < -0.4 is 11.1 Å². The van der Waals surface area contributed by atoms with E-state index in [9.17, 15) is 9.18 Å². The first-order valence-electron chi connectivity index (χ1n) is 8.94. The molecule has 0 aliphatic carbocycles. The highest BCUT2D eigenvalue weighted by Gasteiger charge is 2.32. The van der Waals surface area contributed by atoms with Gasteiger partial charge in [-0.05, 0) is 24.5 Å². The van der Waals surface area contributed by atoms with Gasteiger partial charge >= 0.3 is 0 Å². The maximum Gasteiger partial charge on any atom is 0.237 e. The van der Waals surface area contributed by atoms with Crippen molar-refractivity contribution in [1.82, 2.24) is 10.2 Å². The molecule has 0 saturated carbocycles. The van der Waals surface area contributed by atoms with Crippen LogP contribution in [0.1, 0.15) is 39.3 Å². The highest BCUT2D eigenvalue weighted by Crippen LogP contribution is 2.31. The van der Waals surface area contributed by atoms with E-state index < -0.39 is 6.04 Å². The largest absolute Gasteiger partial charge is 0.376 e. The van der Waals surface area contributed by atoms with Crippen molar-refractivity contribution in [3.05, 3.63) is 34.6 Å². The normalized spacial score (nSPS) is 21.3. The number of rotatable bonds is 5. The molecule has 1 aromatic rings. The van der Waals surface area contributed by atoms with Gasteiger partial charge in [-0.2, -0.15) is 0 Å². The monoisotopic (exact) mass is 385 g/mol. The Morgan fingerprint density at radius 2 is 2.19 bits per heavy atom. The molecule has 0 spiro atoms. The lowest BCUT2D eigenvalue weighted by Gasteiger charge is -2.38. The van der Waals surface area contributed by atoms with Crippen LogP contribution in [0.2, 0.25) is 5.02 Å². The predicted molar refractivity (Wildman–Crippen MR) is 102 cm³/mol. The molecule has 26 heavy (non-hydrogen) atoms. The van der Waals surface area contributed by atoms with E-state index in [2.05, 4.69) is 10.2 Å². The fourth-order valence-electron chi connectivity index (χ4n) is 3.07. The van der Waals surface area contributed by atoms with Crippen molar-refractivity contribution >= 4 is 17.5 Å². The SMILES string of the molecule is CC1CN(C(CNC(=O)[C@@H](N)C(C)(C)C)c2c(F)cccc2Cl)CCO1. The number of nitrogens with one attached hydrogen (secondary N) is 1. The molecule has 1 aliphatic heterocycles. The van der Waals surface area contributed by atoms with E-state index in [-0.39, 0.29) is 35.8 Å². The highest BCUT2D eigenvalue weighted by atomic mass is 35.5. The molecular weight excluding hydrogens is 357 g/mol. The predicted octanol–water partition coefficient (Wildman–Crippen LogP) is 2.73. The zero-order valence-electron chi connectivity index (χ0n) is 15.9. The van der Waals surface area contributed by atoms with E-state index in [0.717, 1.165) is 0 Å². The first kappa shape index (κ1) is 21.1. The molecule has 1 aromatic carbocycles. The topological polar surface area (TPSA) is 67.6 Å². The molecule has 146 valence electrons. The molecule has 1 heterocycles. The van der Waals surface area contributed by atoms with E-state index in [1.54, 1.807) is 12.1 Å². The van der Waals surface area contributed by atoms with Gasteiger partial charge in [0.1, 0.15) is 5.82 Å². The Labute approximate surface area is 160 Å². The summed E-state index contributed by atoms with van der Waals surface area (Å²) in [4.78, 5) is 14.5. The van der Waals surface area contributed by atoms with Crippen LogP contribution >= 0.6 is 11.6 Å². The lowest BCUT2D eigenvalue weighted by Crippen LogP contribution is -2.52. The molecule has 3 N–H and O–H groups in total. The Morgan fingerprint density at radius 3 is 2.77 bits per heavy atom.